The lowest BCUT2D eigenvalue weighted by Crippen LogP contribution is -2.01. The van der Waals surface area contributed by atoms with Crippen molar-refractivity contribution in [3.8, 4) is 0 Å². The Hall–Kier alpha value is -1.67. The number of nitrogen functional groups attached to an aromatic ring is 1. The molecule has 0 aliphatic rings. The summed E-state index contributed by atoms with van der Waals surface area (Å²) in [6.07, 6.45) is 0. The van der Waals surface area contributed by atoms with Crippen LogP contribution in [-0.4, -0.2) is 0 Å². The quantitative estimate of drug-likeness (QED) is 0.808. The topological polar surface area (TPSA) is 38.0 Å². The van der Waals surface area contributed by atoms with Gasteiger partial charge in [0.1, 0.15) is 0 Å². The van der Waals surface area contributed by atoms with Gasteiger partial charge >= 0.3 is 0 Å². The Morgan fingerprint density at radius 1 is 1.18 bits per heavy atom. The van der Waals surface area contributed by atoms with Crippen LogP contribution in [0.4, 0.5) is 11.4 Å². The average molecular weight is 247 g/mol. The first kappa shape index (κ1) is 11.8. The Morgan fingerprint density at radius 3 is 2.59 bits per heavy atom. The number of nitrogens with one attached hydrogen (secondary N) is 1. The van der Waals surface area contributed by atoms with E-state index in [1.54, 1.807) is 0 Å². The number of hydrogen-bond donors (Lipinski definition) is 2. The van der Waals surface area contributed by atoms with Crippen molar-refractivity contribution in [2.75, 3.05) is 11.1 Å². The molecule has 0 saturated carbocycles. The minimum absolute atomic E-state index is 0.589. The molecule has 2 nitrogen and oxygen atoms in total. The zero-order valence-electron chi connectivity index (χ0n) is 9.70. The van der Waals surface area contributed by atoms with Gasteiger partial charge in [-0.25, -0.2) is 0 Å². The van der Waals surface area contributed by atoms with Gasteiger partial charge in [-0.15, -0.1) is 0 Å². The van der Waals surface area contributed by atoms with Crippen LogP contribution in [0.1, 0.15) is 11.1 Å². The van der Waals surface area contributed by atoms with Crippen LogP contribution in [-0.2, 0) is 6.54 Å². The Labute approximate surface area is 106 Å². The van der Waals surface area contributed by atoms with Gasteiger partial charge in [-0.2, -0.15) is 0 Å². The van der Waals surface area contributed by atoms with Gasteiger partial charge in [0.05, 0.1) is 10.7 Å². The van der Waals surface area contributed by atoms with Crippen LogP contribution in [0.2, 0.25) is 5.02 Å². The van der Waals surface area contributed by atoms with Gasteiger partial charge in [0, 0.05) is 12.2 Å². The lowest BCUT2D eigenvalue weighted by atomic mass is 10.1. The van der Waals surface area contributed by atoms with Crippen molar-refractivity contribution in [1.29, 1.82) is 0 Å². The lowest BCUT2D eigenvalue weighted by Gasteiger charge is -2.11. The molecule has 0 aromatic heterocycles. The summed E-state index contributed by atoms with van der Waals surface area (Å²) in [4.78, 5) is 0. The first-order chi connectivity index (χ1) is 8.16. The maximum Gasteiger partial charge on any atom is 0.0656 e. The Balaban J connectivity index is 2.12. The summed E-state index contributed by atoms with van der Waals surface area (Å²) in [5, 5.41) is 3.95. The average Bonchev–Trinajstić information content (AvgIpc) is 2.33. The minimum Gasteiger partial charge on any atom is -0.398 e. The fourth-order valence-corrected chi connectivity index (χ4v) is 1.85. The maximum atomic E-state index is 6.00. The molecule has 0 saturated heterocycles. The number of halogens is 1. The van der Waals surface area contributed by atoms with Gasteiger partial charge in [0.2, 0.25) is 0 Å². The maximum absolute atomic E-state index is 6.00. The summed E-state index contributed by atoms with van der Waals surface area (Å²) in [5.41, 5.74) is 9.71. The smallest absolute Gasteiger partial charge is 0.0656 e. The molecule has 0 heterocycles. The van der Waals surface area contributed by atoms with Crippen molar-refractivity contribution in [3.63, 3.8) is 0 Å². The van der Waals surface area contributed by atoms with E-state index in [4.69, 9.17) is 17.3 Å². The number of anilines is 2. The van der Waals surface area contributed by atoms with E-state index in [-0.39, 0.29) is 0 Å². The molecule has 17 heavy (non-hydrogen) atoms. The molecule has 0 atom stereocenters. The summed E-state index contributed by atoms with van der Waals surface area (Å²) < 4.78 is 0. The molecule has 88 valence electrons. The molecule has 2 aromatic carbocycles. The summed E-state index contributed by atoms with van der Waals surface area (Å²) in [6.45, 7) is 2.79. The predicted molar refractivity (Wildman–Crippen MR) is 74.4 cm³/mol. The molecule has 0 spiro atoms. The fraction of sp³-hybridized carbons (Fsp3) is 0.143. The first-order valence-corrected chi connectivity index (χ1v) is 5.88. The van der Waals surface area contributed by atoms with E-state index in [1.165, 1.54) is 5.56 Å². The Kier molecular flexibility index (Phi) is 3.55. The molecule has 0 unspecified atom stereocenters. The Morgan fingerprint density at radius 2 is 1.88 bits per heavy atom. The zero-order chi connectivity index (χ0) is 12.3. The van der Waals surface area contributed by atoms with Gasteiger partial charge in [0.25, 0.3) is 0 Å². The summed E-state index contributed by atoms with van der Waals surface area (Å²) >= 11 is 6.00. The van der Waals surface area contributed by atoms with Crippen LogP contribution in [0.3, 0.4) is 0 Å². The van der Waals surface area contributed by atoms with E-state index < -0.39 is 0 Å². The largest absolute Gasteiger partial charge is 0.398 e. The second-order valence-electron chi connectivity index (χ2n) is 4.03. The number of benzene rings is 2. The van der Waals surface area contributed by atoms with Crippen LogP contribution in [0, 0.1) is 6.92 Å². The lowest BCUT2D eigenvalue weighted by molar-refractivity contribution is 1.14. The number of hydrogen-bond acceptors (Lipinski definition) is 2. The highest BCUT2D eigenvalue weighted by molar-refractivity contribution is 6.33. The number of nitrogens with two attached hydrogens (primary N) is 1. The summed E-state index contributed by atoms with van der Waals surface area (Å²) in [7, 11) is 0. The molecule has 0 aliphatic carbocycles. The third-order valence-electron chi connectivity index (χ3n) is 2.67. The molecular weight excluding hydrogens is 232 g/mol. The van der Waals surface area contributed by atoms with E-state index >= 15 is 0 Å². The molecule has 0 aliphatic heterocycles. The highest BCUT2D eigenvalue weighted by atomic mass is 35.5. The molecule has 3 N–H and O–H groups in total. The van der Waals surface area contributed by atoms with Crippen molar-refractivity contribution in [2.45, 2.75) is 13.5 Å². The highest BCUT2D eigenvalue weighted by Crippen LogP contribution is 2.26. The standard InChI is InChI=1S/C14H15ClN2/c1-10-7-13(16)12(15)8-14(10)17-9-11-5-3-2-4-6-11/h2-8,17H,9,16H2,1H3. The van der Waals surface area contributed by atoms with E-state index in [9.17, 15) is 0 Å². The van der Waals surface area contributed by atoms with Crippen molar-refractivity contribution in [1.82, 2.24) is 0 Å². The first-order valence-electron chi connectivity index (χ1n) is 5.50. The monoisotopic (exact) mass is 246 g/mol. The molecular formula is C14H15ClN2. The molecule has 0 radical (unpaired) electrons. The third-order valence-corrected chi connectivity index (χ3v) is 3.00. The number of aryl methyl sites for hydroxylation is 1. The second-order valence-corrected chi connectivity index (χ2v) is 4.43. The van der Waals surface area contributed by atoms with Crippen LogP contribution in [0.5, 0.6) is 0 Å². The van der Waals surface area contributed by atoms with Gasteiger partial charge in [-0.1, -0.05) is 41.9 Å². The van der Waals surface area contributed by atoms with Crippen LogP contribution < -0.4 is 11.1 Å². The molecule has 0 amide bonds. The summed E-state index contributed by atoms with van der Waals surface area (Å²) in [6, 6.07) is 14.0. The molecule has 0 bridgehead atoms. The van der Waals surface area contributed by atoms with E-state index in [2.05, 4.69) is 17.4 Å². The van der Waals surface area contributed by atoms with Crippen LogP contribution >= 0.6 is 11.6 Å². The highest BCUT2D eigenvalue weighted by Gasteiger charge is 2.03. The second kappa shape index (κ2) is 5.11. The third kappa shape index (κ3) is 2.92. The normalized spacial score (nSPS) is 10.2. The van der Waals surface area contributed by atoms with Crippen molar-refractivity contribution in [3.05, 3.63) is 58.6 Å². The molecule has 0 fully saturated rings. The van der Waals surface area contributed by atoms with Gasteiger partial charge in [0.15, 0.2) is 0 Å². The van der Waals surface area contributed by atoms with Crippen LogP contribution in [0.15, 0.2) is 42.5 Å². The van der Waals surface area contributed by atoms with Crippen molar-refractivity contribution < 1.29 is 0 Å². The summed E-state index contributed by atoms with van der Waals surface area (Å²) in [5.74, 6) is 0. The molecule has 2 aromatic rings. The van der Waals surface area contributed by atoms with Gasteiger partial charge in [-0.05, 0) is 30.2 Å². The zero-order valence-corrected chi connectivity index (χ0v) is 10.5. The van der Waals surface area contributed by atoms with E-state index in [0.717, 1.165) is 17.8 Å². The van der Waals surface area contributed by atoms with Crippen molar-refractivity contribution in [2.24, 2.45) is 0 Å². The van der Waals surface area contributed by atoms with E-state index in [0.29, 0.717) is 10.7 Å². The van der Waals surface area contributed by atoms with Gasteiger partial charge in [-0.3, -0.25) is 0 Å². The van der Waals surface area contributed by atoms with Gasteiger partial charge < -0.3 is 11.1 Å². The minimum atomic E-state index is 0.589. The predicted octanol–water partition coefficient (Wildman–Crippen LogP) is 3.84. The van der Waals surface area contributed by atoms with Crippen molar-refractivity contribution >= 4 is 23.0 Å². The number of rotatable bonds is 3. The SMILES string of the molecule is Cc1cc(N)c(Cl)cc1NCc1ccccc1. The molecule has 3 heteroatoms. The van der Waals surface area contributed by atoms with Crippen LogP contribution in [0.25, 0.3) is 0 Å². The fourth-order valence-electron chi connectivity index (χ4n) is 1.69. The van der Waals surface area contributed by atoms with E-state index in [1.807, 2.05) is 37.3 Å². The Bertz CT molecular complexity index is 509. The molecule has 2 rings (SSSR count).